The van der Waals surface area contributed by atoms with Crippen molar-refractivity contribution in [2.24, 2.45) is 18.9 Å². The van der Waals surface area contributed by atoms with Gasteiger partial charge in [0.1, 0.15) is 5.82 Å². The van der Waals surface area contributed by atoms with Crippen molar-refractivity contribution in [1.82, 2.24) is 19.7 Å². The Balaban J connectivity index is 1.46. The van der Waals surface area contributed by atoms with Crippen molar-refractivity contribution >= 4 is 33.9 Å². The summed E-state index contributed by atoms with van der Waals surface area (Å²) >= 11 is 0. The molecule has 1 saturated carbocycles. The number of aromatic nitrogens is 4. The fourth-order valence-corrected chi connectivity index (χ4v) is 4.57. The Morgan fingerprint density at radius 2 is 1.94 bits per heavy atom. The van der Waals surface area contributed by atoms with Gasteiger partial charge < -0.3 is 16.8 Å². The molecule has 8 nitrogen and oxygen atoms in total. The van der Waals surface area contributed by atoms with E-state index < -0.39 is 5.82 Å². The number of nitrogens with two attached hydrogens (primary N) is 2. The minimum atomic E-state index is -0.553. The highest BCUT2D eigenvalue weighted by atomic mass is 19.1. The minimum Gasteiger partial charge on any atom is -0.397 e. The van der Waals surface area contributed by atoms with Gasteiger partial charge in [0, 0.05) is 54.0 Å². The summed E-state index contributed by atoms with van der Waals surface area (Å²) < 4.78 is 16.8. The lowest BCUT2D eigenvalue weighted by Gasteiger charge is -2.13. The van der Waals surface area contributed by atoms with E-state index in [1.807, 2.05) is 20.2 Å². The molecule has 0 aliphatic heterocycles. The second-order valence-corrected chi connectivity index (χ2v) is 8.69. The van der Waals surface area contributed by atoms with E-state index in [-0.39, 0.29) is 29.3 Å². The first-order valence-corrected chi connectivity index (χ1v) is 10.6. The van der Waals surface area contributed by atoms with Crippen LogP contribution in [0.1, 0.15) is 24.0 Å². The lowest BCUT2D eigenvalue weighted by molar-refractivity contribution is -0.117. The molecule has 0 radical (unpaired) electrons. The fourth-order valence-electron chi connectivity index (χ4n) is 4.57. The van der Waals surface area contributed by atoms with E-state index in [1.54, 1.807) is 36.1 Å². The maximum absolute atomic E-state index is 15.1. The third kappa shape index (κ3) is 3.45. The molecular weight excluding hydrogens is 421 g/mol. The van der Waals surface area contributed by atoms with Crippen molar-refractivity contribution in [2.45, 2.75) is 19.8 Å². The Morgan fingerprint density at radius 3 is 2.67 bits per heavy atom. The van der Waals surface area contributed by atoms with Crippen molar-refractivity contribution < 1.29 is 9.18 Å². The van der Waals surface area contributed by atoms with Crippen LogP contribution in [0.5, 0.6) is 0 Å². The molecule has 0 unspecified atom stereocenters. The van der Waals surface area contributed by atoms with Crippen molar-refractivity contribution in [3.05, 3.63) is 60.1 Å². The van der Waals surface area contributed by atoms with E-state index in [0.717, 1.165) is 11.1 Å². The summed E-state index contributed by atoms with van der Waals surface area (Å²) in [5.41, 5.74) is 15.1. The lowest BCUT2D eigenvalue weighted by Crippen LogP contribution is -2.16. The van der Waals surface area contributed by atoms with Crippen molar-refractivity contribution in [3.8, 4) is 11.1 Å². The van der Waals surface area contributed by atoms with E-state index >= 15 is 4.39 Å². The third-order valence-electron chi connectivity index (χ3n) is 6.59. The highest BCUT2D eigenvalue weighted by Gasteiger charge is 2.52. The van der Waals surface area contributed by atoms with Gasteiger partial charge in [-0.3, -0.25) is 14.5 Å². The van der Waals surface area contributed by atoms with Gasteiger partial charge in [0.05, 0.1) is 23.8 Å². The normalized spacial score (nSPS) is 19.6. The molecular formula is C24H24FN7O. The van der Waals surface area contributed by atoms with Crippen LogP contribution in [0.15, 0.2) is 43.1 Å². The first-order chi connectivity index (χ1) is 15.8. The highest BCUT2D eigenvalue weighted by molar-refractivity contribution is 6.01. The molecule has 5 rings (SSSR count). The first-order valence-electron chi connectivity index (χ1n) is 10.6. The van der Waals surface area contributed by atoms with Crippen molar-refractivity contribution in [2.75, 3.05) is 16.8 Å². The summed E-state index contributed by atoms with van der Waals surface area (Å²) in [5.74, 6) is -0.0749. The number of carbonyl (C=O) groups excluding carboxylic acids is 1. The van der Waals surface area contributed by atoms with Crippen LogP contribution in [0.25, 0.3) is 21.9 Å². The van der Waals surface area contributed by atoms with E-state index in [4.69, 9.17) is 11.5 Å². The number of hydrogen-bond acceptors (Lipinski definition) is 6. The van der Waals surface area contributed by atoms with E-state index in [2.05, 4.69) is 20.4 Å². The molecule has 3 aromatic heterocycles. The number of nitrogens with zero attached hydrogens (tertiary/aromatic N) is 4. The number of anilines is 3. The summed E-state index contributed by atoms with van der Waals surface area (Å²) in [6.07, 6.45) is 8.30. The van der Waals surface area contributed by atoms with Gasteiger partial charge in [0.15, 0.2) is 5.82 Å². The van der Waals surface area contributed by atoms with Crippen LogP contribution < -0.4 is 16.8 Å². The lowest BCUT2D eigenvalue weighted by atomic mass is 9.97. The zero-order valence-corrected chi connectivity index (χ0v) is 18.5. The number of carbonyl (C=O) groups is 1. The van der Waals surface area contributed by atoms with Gasteiger partial charge in [0.2, 0.25) is 5.91 Å². The van der Waals surface area contributed by atoms with Gasteiger partial charge in [-0.05, 0) is 41.5 Å². The summed E-state index contributed by atoms with van der Waals surface area (Å²) in [5, 5.41) is 8.23. The van der Waals surface area contributed by atoms with Crippen LogP contribution in [0.3, 0.4) is 0 Å². The highest BCUT2D eigenvalue weighted by Crippen LogP contribution is 2.54. The van der Waals surface area contributed by atoms with Gasteiger partial charge >= 0.3 is 0 Å². The quantitative estimate of drug-likeness (QED) is 0.412. The number of nitrogen functional groups attached to an aromatic ring is 2. The van der Waals surface area contributed by atoms with Crippen LogP contribution in [0, 0.1) is 24.6 Å². The zero-order valence-electron chi connectivity index (χ0n) is 18.5. The monoisotopic (exact) mass is 445 g/mol. The maximum atomic E-state index is 15.1. The van der Waals surface area contributed by atoms with Gasteiger partial charge in [-0.1, -0.05) is 6.92 Å². The number of nitrogens with one attached hydrogen (secondary N) is 1. The molecule has 1 aliphatic rings. The molecule has 168 valence electrons. The minimum absolute atomic E-state index is 0.0119. The summed E-state index contributed by atoms with van der Waals surface area (Å²) in [6, 6.07) is 3.38. The number of hydrogen-bond donors (Lipinski definition) is 3. The molecule has 5 N–H and O–H groups in total. The number of amides is 1. The molecule has 0 spiro atoms. The Hall–Kier alpha value is -4.01. The molecule has 9 heteroatoms. The van der Waals surface area contributed by atoms with Crippen molar-refractivity contribution in [1.29, 1.82) is 0 Å². The standard InChI is InChI=1S/C24H24FN7O/c1-11-16(7-28-9-18(11)26)15-4-13-5-19(29-8-17(13)23(27)22(15)25)31-24(33)21-12(2)20(21)14-6-30-32(3)10-14/h4-10,12,20-21H,26-27H2,1-3H3,(H,29,31,33)/t12-,20-,21+/m0/s1. The molecule has 1 aromatic carbocycles. The molecule has 1 fully saturated rings. The molecule has 33 heavy (non-hydrogen) atoms. The van der Waals surface area contributed by atoms with Gasteiger partial charge in [-0.15, -0.1) is 0 Å². The van der Waals surface area contributed by atoms with Gasteiger partial charge in [-0.25, -0.2) is 9.37 Å². The zero-order chi connectivity index (χ0) is 23.4. The number of rotatable bonds is 4. The Labute approximate surface area is 189 Å². The number of benzene rings is 1. The molecule has 4 aromatic rings. The summed E-state index contributed by atoms with van der Waals surface area (Å²) in [4.78, 5) is 21.3. The Morgan fingerprint density at radius 1 is 1.15 bits per heavy atom. The van der Waals surface area contributed by atoms with Gasteiger partial charge in [-0.2, -0.15) is 5.10 Å². The smallest absolute Gasteiger partial charge is 0.229 e. The largest absolute Gasteiger partial charge is 0.397 e. The molecule has 1 aliphatic carbocycles. The number of pyridine rings is 2. The molecule has 3 heterocycles. The molecule has 3 atom stereocenters. The predicted molar refractivity (Wildman–Crippen MR) is 126 cm³/mol. The van der Waals surface area contributed by atoms with Crippen molar-refractivity contribution in [3.63, 3.8) is 0 Å². The van der Waals surface area contributed by atoms with Crippen LogP contribution in [0.2, 0.25) is 0 Å². The fraction of sp³-hybridized carbons (Fsp3) is 0.250. The van der Waals surface area contributed by atoms with Crippen LogP contribution in [-0.2, 0) is 11.8 Å². The second-order valence-electron chi connectivity index (χ2n) is 8.69. The van der Waals surface area contributed by atoms with E-state index in [9.17, 15) is 4.79 Å². The number of fused-ring (bicyclic) bond motifs is 1. The number of halogens is 1. The average molecular weight is 446 g/mol. The molecule has 0 saturated heterocycles. The van der Waals surface area contributed by atoms with Gasteiger partial charge in [0.25, 0.3) is 0 Å². The Bertz CT molecular complexity index is 1410. The molecule has 0 bridgehead atoms. The maximum Gasteiger partial charge on any atom is 0.229 e. The topological polar surface area (TPSA) is 125 Å². The van der Waals surface area contributed by atoms with Crippen LogP contribution in [-0.4, -0.2) is 25.7 Å². The number of aryl methyl sites for hydroxylation is 1. The van der Waals surface area contributed by atoms with Crippen LogP contribution >= 0.6 is 0 Å². The molecule has 1 amide bonds. The van der Waals surface area contributed by atoms with E-state index in [0.29, 0.717) is 33.4 Å². The Kier molecular flexibility index (Phi) is 4.77. The SMILES string of the molecule is Cc1c(N)cncc1-c1cc2cc(NC(=O)[C@@H]3[C@@H](C)[C@H]3c3cnn(C)c3)ncc2c(N)c1F. The average Bonchev–Trinajstić information content (AvgIpc) is 3.27. The first kappa shape index (κ1) is 20.9. The van der Waals surface area contributed by atoms with E-state index in [1.165, 1.54) is 12.4 Å². The van der Waals surface area contributed by atoms with Crippen LogP contribution in [0.4, 0.5) is 21.6 Å². The predicted octanol–water partition coefficient (Wildman–Crippen LogP) is 3.63. The second kappa shape index (κ2) is 7.54. The summed E-state index contributed by atoms with van der Waals surface area (Å²) in [7, 11) is 1.86. The summed E-state index contributed by atoms with van der Waals surface area (Å²) in [6.45, 7) is 3.85. The third-order valence-corrected chi connectivity index (χ3v) is 6.59.